The zero-order valence-corrected chi connectivity index (χ0v) is 14.6. The normalized spacial score (nSPS) is 16.0. The largest absolute Gasteiger partial charge is 0.497 e. The number of hydrogen-bond donors (Lipinski definition) is 2. The van der Waals surface area contributed by atoms with Crippen LogP contribution in [0.3, 0.4) is 0 Å². The van der Waals surface area contributed by atoms with E-state index in [1.165, 1.54) is 5.01 Å². The maximum Gasteiger partial charge on any atom is 0.276 e. The van der Waals surface area contributed by atoms with E-state index in [9.17, 15) is 9.59 Å². The Balaban J connectivity index is 1.84. The number of nitrogens with zero attached hydrogens (tertiary/aromatic N) is 1. The molecule has 1 aliphatic heterocycles. The second kappa shape index (κ2) is 7.03. The van der Waals surface area contributed by atoms with Gasteiger partial charge in [0.05, 0.1) is 12.7 Å². The van der Waals surface area contributed by atoms with Gasteiger partial charge in [-0.05, 0) is 48.9 Å². The molecule has 1 unspecified atom stereocenters. The highest BCUT2D eigenvalue weighted by molar-refractivity contribution is 6.31. The fourth-order valence-electron chi connectivity index (χ4n) is 2.66. The lowest BCUT2D eigenvalue weighted by Gasteiger charge is -2.37. The Hall–Kier alpha value is -2.73. The molecule has 1 heterocycles. The third-order valence-corrected chi connectivity index (χ3v) is 4.26. The van der Waals surface area contributed by atoms with Crippen LogP contribution in [0, 0.1) is 0 Å². The monoisotopic (exact) mass is 359 g/mol. The number of methoxy groups -OCH3 is 1. The standard InChI is InChI=1S/C18H18ClN3O3/c1-3-16-20-15-9-6-12(19)10-14(15)18(24)22(16)21-17(23)11-4-7-13(25-2)8-5-11/h4-10,16,20H,3H2,1-2H3,(H,21,23). The van der Waals surface area contributed by atoms with Gasteiger partial charge in [0, 0.05) is 16.3 Å². The van der Waals surface area contributed by atoms with Gasteiger partial charge in [0.25, 0.3) is 11.8 Å². The minimum absolute atomic E-state index is 0.301. The Morgan fingerprint density at radius 3 is 2.64 bits per heavy atom. The summed E-state index contributed by atoms with van der Waals surface area (Å²) in [6.45, 7) is 1.93. The summed E-state index contributed by atoms with van der Waals surface area (Å²) in [5.74, 6) is -0.0195. The van der Waals surface area contributed by atoms with Crippen LogP contribution < -0.4 is 15.5 Å². The van der Waals surface area contributed by atoms with E-state index < -0.39 is 0 Å². The van der Waals surface area contributed by atoms with Crippen molar-refractivity contribution in [3.8, 4) is 5.75 Å². The molecule has 0 fully saturated rings. The molecule has 0 saturated carbocycles. The zero-order chi connectivity index (χ0) is 18.0. The van der Waals surface area contributed by atoms with Crippen molar-refractivity contribution >= 4 is 29.1 Å². The number of rotatable bonds is 4. The van der Waals surface area contributed by atoms with Gasteiger partial charge in [-0.1, -0.05) is 18.5 Å². The lowest BCUT2D eigenvalue weighted by atomic mass is 10.1. The van der Waals surface area contributed by atoms with Crippen LogP contribution in [0.1, 0.15) is 34.1 Å². The Bertz CT molecular complexity index is 808. The third-order valence-electron chi connectivity index (χ3n) is 4.03. The molecular formula is C18H18ClN3O3. The highest BCUT2D eigenvalue weighted by Gasteiger charge is 2.32. The third kappa shape index (κ3) is 3.39. The van der Waals surface area contributed by atoms with Crippen molar-refractivity contribution in [2.45, 2.75) is 19.5 Å². The van der Waals surface area contributed by atoms with Crippen molar-refractivity contribution in [3.63, 3.8) is 0 Å². The van der Waals surface area contributed by atoms with Crippen molar-refractivity contribution in [1.29, 1.82) is 0 Å². The average molecular weight is 360 g/mol. The number of carbonyl (C=O) groups is 2. The van der Waals surface area contributed by atoms with Crippen LogP contribution in [0.4, 0.5) is 5.69 Å². The van der Waals surface area contributed by atoms with E-state index in [1.54, 1.807) is 49.6 Å². The molecule has 6 nitrogen and oxygen atoms in total. The second-order valence-electron chi connectivity index (χ2n) is 5.60. The first-order chi connectivity index (χ1) is 12.0. The molecule has 3 rings (SSSR count). The molecule has 0 aromatic heterocycles. The second-order valence-corrected chi connectivity index (χ2v) is 6.04. The van der Waals surface area contributed by atoms with E-state index in [4.69, 9.17) is 16.3 Å². The van der Waals surface area contributed by atoms with Crippen LogP contribution in [-0.2, 0) is 0 Å². The van der Waals surface area contributed by atoms with E-state index in [1.807, 2.05) is 6.92 Å². The molecule has 0 saturated heterocycles. The number of anilines is 1. The average Bonchev–Trinajstić information content (AvgIpc) is 2.64. The van der Waals surface area contributed by atoms with Gasteiger partial charge in [0.2, 0.25) is 0 Å². The van der Waals surface area contributed by atoms with Gasteiger partial charge in [-0.15, -0.1) is 0 Å². The van der Waals surface area contributed by atoms with Crippen molar-refractivity contribution in [2.24, 2.45) is 0 Å². The summed E-state index contributed by atoms with van der Waals surface area (Å²) in [6.07, 6.45) is 0.278. The Morgan fingerprint density at radius 2 is 2.00 bits per heavy atom. The molecule has 2 aromatic carbocycles. The highest BCUT2D eigenvalue weighted by atomic mass is 35.5. The molecular weight excluding hydrogens is 342 g/mol. The fraction of sp³-hybridized carbons (Fsp3) is 0.222. The van der Waals surface area contributed by atoms with Gasteiger partial charge in [0.1, 0.15) is 11.9 Å². The molecule has 7 heteroatoms. The Morgan fingerprint density at radius 1 is 1.28 bits per heavy atom. The van der Waals surface area contributed by atoms with Crippen molar-refractivity contribution in [1.82, 2.24) is 10.4 Å². The number of benzene rings is 2. The predicted molar refractivity (Wildman–Crippen MR) is 95.8 cm³/mol. The number of carbonyl (C=O) groups excluding carboxylic acids is 2. The summed E-state index contributed by atoms with van der Waals surface area (Å²) in [6, 6.07) is 11.7. The molecule has 0 aliphatic carbocycles. The van der Waals surface area contributed by atoms with Gasteiger partial charge in [-0.25, -0.2) is 5.01 Å². The molecule has 1 atom stereocenters. The number of hydrazine groups is 1. The minimum Gasteiger partial charge on any atom is -0.497 e. The molecule has 2 amide bonds. The number of ether oxygens (including phenoxy) is 1. The van der Waals surface area contributed by atoms with E-state index >= 15 is 0 Å². The number of amides is 2. The van der Waals surface area contributed by atoms with Crippen LogP contribution >= 0.6 is 11.6 Å². The Kier molecular flexibility index (Phi) is 4.81. The van der Waals surface area contributed by atoms with Crippen LogP contribution in [-0.4, -0.2) is 30.1 Å². The first-order valence-corrected chi connectivity index (χ1v) is 8.26. The number of nitrogens with one attached hydrogen (secondary N) is 2. The summed E-state index contributed by atoms with van der Waals surface area (Å²) >= 11 is 5.99. The SMILES string of the molecule is CCC1Nc2ccc(Cl)cc2C(=O)N1NC(=O)c1ccc(OC)cc1. The lowest BCUT2D eigenvalue weighted by Crippen LogP contribution is -2.57. The first kappa shape index (κ1) is 17.1. The van der Waals surface area contributed by atoms with Gasteiger partial charge in [-0.3, -0.25) is 15.0 Å². The molecule has 1 aliphatic rings. The molecule has 2 aromatic rings. The van der Waals surface area contributed by atoms with Crippen molar-refractivity contribution < 1.29 is 14.3 Å². The van der Waals surface area contributed by atoms with E-state index in [0.29, 0.717) is 34.0 Å². The molecule has 0 radical (unpaired) electrons. The van der Waals surface area contributed by atoms with Crippen molar-refractivity contribution in [3.05, 3.63) is 58.6 Å². The summed E-state index contributed by atoms with van der Waals surface area (Å²) in [5, 5.41) is 5.02. The fourth-order valence-corrected chi connectivity index (χ4v) is 2.84. The van der Waals surface area contributed by atoms with E-state index in [-0.39, 0.29) is 18.0 Å². The van der Waals surface area contributed by atoms with Crippen LogP contribution in [0.15, 0.2) is 42.5 Å². The summed E-state index contributed by atoms with van der Waals surface area (Å²) in [5.41, 5.74) is 4.24. The number of hydrogen-bond acceptors (Lipinski definition) is 4. The Labute approximate surface area is 150 Å². The molecule has 0 bridgehead atoms. The van der Waals surface area contributed by atoms with Gasteiger partial charge in [-0.2, -0.15) is 0 Å². The molecule has 130 valence electrons. The van der Waals surface area contributed by atoms with E-state index in [0.717, 1.165) is 0 Å². The van der Waals surface area contributed by atoms with Crippen LogP contribution in [0.2, 0.25) is 5.02 Å². The molecule has 25 heavy (non-hydrogen) atoms. The van der Waals surface area contributed by atoms with Crippen LogP contribution in [0.5, 0.6) is 5.75 Å². The summed E-state index contributed by atoms with van der Waals surface area (Å²) in [7, 11) is 1.56. The maximum absolute atomic E-state index is 12.8. The smallest absolute Gasteiger partial charge is 0.276 e. The summed E-state index contributed by atoms with van der Waals surface area (Å²) < 4.78 is 5.08. The number of fused-ring (bicyclic) bond motifs is 1. The van der Waals surface area contributed by atoms with Crippen molar-refractivity contribution in [2.75, 3.05) is 12.4 Å². The lowest BCUT2D eigenvalue weighted by molar-refractivity contribution is 0.0488. The highest BCUT2D eigenvalue weighted by Crippen LogP contribution is 2.28. The predicted octanol–water partition coefficient (Wildman–Crippen LogP) is 3.30. The minimum atomic E-state index is -0.373. The molecule has 2 N–H and O–H groups in total. The topological polar surface area (TPSA) is 70.7 Å². The van der Waals surface area contributed by atoms with Gasteiger partial charge >= 0.3 is 0 Å². The zero-order valence-electron chi connectivity index (χ0n) is 13.9. The van der Waals surface area contributed by atoms with Gasteiger partial charge < -0.3 is 10.1 Å². The van der Waals surface area contributed by atoms with E-state index in [2.05, 4.69) is 10.7 Å². The first-order valence-electron chi connectivity index (χ1n) is 7.88. The summed E-state index contributed by atoms with van der Waals surface area (Å²) in [4.78, 5) is 25.3. The maximum atomic E-state index is 12.8. The van der Waals surface area contributed by atoms with Crippen LogP contribution in [0.25, 0.3) is 0 Å². The van der Waals surface area contributed by atoms with Gasteiger partial charge in [0.15, 0.2) is 0 Å². The number of halogens is 1. The molecule has 0 spiro atoms. The quantitative estimate of drug-likeness (QED) is 0.878.